The Hall–Kier alpha value is -1.36. The number of aryl methyl sites for hydroxylation is 1. The van der Waals surface area contributed by atoms with E-state index >= 15 is 0 Å². The summed E-state index contributed by atoms with van der Waals surface area (Å²) in [5, 5.41) is 4.00. The first-order valence-electron chi connectivity index (χ1n) is 6.80. The van der Waals surface area contributed by atoms with Crippen LogP contribution in [0.25, 0.3) is 0 Å². The summed E-state index contributed by atoms with van der Waals surface area (Å²) in [5.41, 5.74) is 4.62. The van der Waals surface area contributed by atoms with E-state index in [1.807, 2.05) is 25.1 Å². The standard InChI is InChI=1S/C15H21BrN2O2/c1-4-6-11(3)17-18-15(19)10-20-14-8-7-12(5-2)9-13(14)16/h7-9H,4-6,10H2,1-3H3,(H,18,19)/b17-11+. The number of benzene rings is 1. The lowest BCUT2D eigenvalue weighted by Crippen LogP contribution is -2.25. The summed E-state index contributed by atoms with van der Waals surface area (Å²) in [4.78, 5) is 11.6. The molecule has 20 heavy (non-hydrogen) atoms. The van der Waals surface area contributed by atoms with Crippen molar-refractivity contribution in [3.63, 3.8) is 0 Å². The fraction of sp³-hybridized carbons (Fsp3) is 0.467. The number of nitrogens with zero attached hydrogens (tertiary/aromatic N) is 1. The predicted molar refractivity (Wildman–Crippen MR) is 85.2 cm³/mol. The SMILES string of the molecule is CCC/C(C)=N/NC(=O)COc1ccc(CC)cc1Br. The Morgan fingerprint density at radius 3 is 2.75 bits per heavy atom. The van der Waals surface area contributed by atoms with Crippen LogP contribution in [0.4, 0.5) is 0 Å². The Kier molecular flexibility index (Phi) is 7.30. The monoisotopic (exact) mass is 340 g/mol. The summed E-state index contributed by atoms with van der Waals surface area (Å²) in [6.45, 7) is 6.01. The highest BCUT2D eigenvalue weighted by atomic mass is 79.9. The largest absolute Gasteiger partial charge is 0.483 e. The number of hydrogen-bond donors (Lipinski definition) is 1. The zero-order chi connectivity index (χ0) is 15.0. The summed E-state index contributed by atoms with van der Waals surface area (Å²) in [6.07, 6.45) is 2.86. The molecule has 0 aliphatic rings. The van der Waals surface area contributed by atoms with Crippen LogP contribution in [0.15, 0.2) is 27.8 Å². The van der Waals surface area contributed by atoms with Crippen LogP contribution in [-0.4, -0.2) is 18.2 Å². The van der Waals surface area contributed by atoms with Crippen LogP contribution in [0, 0.1) is 0 Å². The second-order valence-electron chi connectivity index (χ2n) is 4.54. The number of ether oxygens (including phenoxy) is 1. The van der Waals surface area contributed by atoms with Gasteiger partial charge in [-0.1, -0.05) is 26.3 Å². The number of hydrogen-bond acceptors (Lipinski definition) is 3. The van der Waals surface area contributed by atoms with E-state index in [1.54, 1.807) is 0 Å². The highest BCUT2D eigenvalue weighted by Gasteiger charge is 2.05. The van der Waals surface area contributed by atoms with Crippen molar-refractivity contribution in [2.75, 3.05) is 6.61 Å². The molecule has 0 saturated carbocycles. The van der Waals surface area contributed by atoms with Gasteiger partial charge in [-0.15, -0.1) is 0 Å². The van der Waals surface area contributed by atoms with Gasteiger partial charge in [-0.05, 0) is 53.4 Å². The molecule has 1 aromatic rings. The average Bonchev–Trinajstić information content (AvgIpc) is 2.44. The molecule has 0 aromatic heterocycles. The van der Waals surface area contributed by atoms with Crippen LogP contribution < -0.4 is 10.2 Å². The molecule has 0 atom stereocenters. The number of carbonyl (C=O) groups excluding carboxylic acids is 1. The number of rotatable bonds is 7. The maximum absolute atomic E-state index is 11.6. The zero-order valence-corrected chi connectivity index (χ0v) is 13.8. The molecule has 0 unspecified atom stereocenters. The maximum Gasteiger partial charge on any atom is 0.277 e. The quantitative estimate of drug-likeness (QED) is 0.608. The lowest BCUT2D eigenvalue weighted by Gasteiger charge is -2.08. The molecule has 5 heteroatoms. The lowest BCUT2D eigenvalue weighted by atomic mass is 10.2. The Morgan fingerprint density at radius 1 is 1.40 bits per heavy atom. The van der Waals surface area contributed by atoms with Crippen molar-refractivity contribution in [3.05, 3.63) is 28.2 Å². The summed E-state index contributed by atoms with van der Waals surface area (Å²) in [6, 6.07) is 5.85. The molecule has 4 nitrogen and oxygen atoms in total. The molecular weight excluding hydrogens is 320 g/mol. The molecule has 0 aliphatic heterocycles. The fourth-order valence-electron chi connectivity index (χ4n) is 1.63. The van der Waals surface area contributed by atoms with Crippen LogP contribution in [-0.2, 0) is 11.2 Å². The third kappa shape index (κ3) is 5.74. The minimum Gasteiger partial charge on any atom is -0.483 e. The molecule has 1 amide bonds. The normalized spacial score (nSPS) is 11.3. The minimum absolute atomic E-state index is 0.0486. The van der Waals surface area contributed by atoms with Crippen molar-refractivity contribution in [2.45, 2.75) is 40.0 Å². The summed E-state index contributed by atoms with van der Waals surface area (Å²) < 4.78 is 6.32. The molecule has 1 N–H and O–H groups in total. The first-order valence-corrected chi connectivity index (χ1v) is 7.59. The molecule has 0 bridgehead atoms. The van der Waals surface area contributed by atoms with E-state index in [4.69, 9.17) is 4.74 Å². The van der Waals surface area contributed by atoms with E-state index in [9.17, 15) is 4.79 Å². The highest BCUT2D eigenvalue weighted by molar-refractivity contribution is 9.10. The second kappa shape index (κ2) is 8.74. The van der Waals surface area contributed by atoms with E-state index in [0.717, 1.165) is 29.4 Å². The topological polar surface area (TPSA) is 50.7 Å². The predicted octanol–water partition coefficient (Wildman–Crippen LogP) is 3.68. The summed E-state index contributed by atoms with van der Waals surface area (Å²) in [5.74, 6) is 0.401. The van der Waals surface area contributed by atoms with E-state index in [0.29, 0.717) is 5.75 Å². The highest BCUT2D eigenvalue weighted by Crippen LogP contribution is 2.26. The van der Waals surface area contributed by atoms with E-state index < -0.39 is 0 Å². The van der Waals surface area contributed by atoms with Crippen LogP contribution in [0.1, 0.15) is 39.2 Å². The third-order valence-corrected chi connectivity index (χ3v) is 3.37. The lowest BCUT2D eigenvalue weighted by molar-refractivity contribution is -0.123. The van der Waals surface area contributed by atoms with Crippen LogP contribution in [0.5, 0.6) is 5.75 Å². The van der Waals surface area contributed by atoms with Crippen molar-refractivity contribution >= 4 is 27.5 Å². The molecule has 0 fully saturated rings. The first kappa shape index (κ1) is 16.7. The number of halogens is 1. The molecule has 1 rings (SSSR count). The van der Waals surface area contributed by atoms with Crippen molar-refractivity contribution in [1.82, 2.24) is 5.43 Å². The van der Waals surface area contributed by atoms with Crippen molar-refractivity contribution in [2.24, 2.45) is 5.10 Å². The molecule has 0 radical (unpaired) electrons. The zero-order valence-electron chi connectivity index (χ0n) is 12.2. The Balaban J connectivity index is 2.47. The molecule has 0 aliphatic carbocycles. The fourth-order valence-corrected chi connectivity index (χ4v) is 2.17. The summed E-state index contributed by atoms with van der Waals surface area (Å²) >= 11 is 3.44. The van der Waals surface area contributed by atoms with E-state index in [1.165, 1.54) is 5.56 Å². The van der Waals surface area contributed by atoms with Gasteiger partial charge in [-0.25, -0.2) is 5.43 Å². The molecule has 0 heterocycles. The van der Waals surface area contributed by atoms with Gasteiger partial charge in [0.1, 0.15) is 5.75 Å². The Bertz CT molecular complexity index is 487. The third-order valence-electron chi connectivity index (χ3n) is 2.75. The second-order valence-corrected chi connectivity index (χ2v) is 5.39. The first-order chi connectivity index (χ1) is 9.56. The maximum atomic E-state index is 11.6. The van der Waals surface area contributed by atoms with Gasteiger partial charge in [0, 0.05) is 5.71 Å². The van der Waals surface area contributed by atoms with Crippen molar-refractivity contribution in [3.8, 4) is 5.75 Å². The van der Waals surface area contributed by atoms with Crippen LogP contribution >= 0.6 is 15.9 Å². The molecule has 1 aromatic carbocycles. The Morgan fingerprint density at radius 2 is 2.15 bits per heavy atom. The number of nitrogens with one attached hydrogen (secondary N) is 1. The molecule has 110 valence electrons. The van der Waals surface area contributed by atoms with Gasteiger partial charge in [0.05, 0.1) is 4.47 Å². The number of carbonyl (C=O) groups is 1. The van der Waals surface area contributed by atoms with Crippen LogP contribution in [0.2, 0.25) is 0 Å². The number of amides is 1. The van der Waals surface area contributed by atoms with Gasteiger partial charge in [-0.3, -0.25) is 4.79 Å². The number of hydrazone groups is 1. The summed E-state index contributed by atoms with van der Waals surface area (Å²) in [7, 11) is 0. The van der Waals surface area contributed by atoms with E-state index in [-0.39, 0.29) is 12.5 Å². The van der Waals surface area contributed by atoms with Gasteiger partial charge in [0.15, 0.2) is 6.61 Å². The molecule has 0 saturated heterocycles. The van der Waals surface area contributed by atoms with Crippen LogP contribution in [0.3, 0.4) is 0 Å². The van der Waals surface area contributed by atoms with Crippen molar-refractivity contribution < 1.29 is 9.53 Å². The van der Waals surface area contributed by atoms with Gasteiger partial charge in [0.2, 0.25) is 0 Å². The van der Waals surface area contributed by atoms with Gasteiger partial charge >= 0.3 is 0 Å². The van der Waals surface area contributed by atoms with Gasteiger partial charge in [-0.2, -0.15) is 5.10 Å². The minimum atomic E-state index is -0.257. The molecular formula is C15H21BrN2O2. The van der Waals surface area contributed by atoms with Gasteiger partial charge < -0.3 is 4.74 Å². The Labute approximate surface area is 128 Å². The smallest absolute Gasteiger partial charge is 0.277 e. The van der Waals surface area contributed by atoms with Gasteiger partial charge in [0.25, 0.3) is 5.91 Å². The van der Waals surface area contributed by atoms with E-state index in [2.05, 4.69) is 40.3 Å². The molecule has 0 spiro atoms. The average molecular weight is 341 g/mol. The van der Waals surface area contributed by atoms with Crippen molar-refractivity contribution in [1.29, 1.82) is 0 Å².